The van der Waals surface area contributed by atoms with Gasteiger partial charge in [0, 0.05) is 10.9 Å². The molecule has 1 atom stereocenters. The Balaban J connectivity index is 2.61. The van der Waals surface area contributed by atoms with Crippen LogP contribution in [0.15, 0.2) is 35.2 Å². The van der Waals surface area contributed by atoms with Crippen molar-refractivity contribution in [2.75, 3.05) is 18.6 Å². The summed E-state index contributed by atoms with van der Waals surface area (Å²) in [5, 5.41) is 8.70. The van der Waals surface area contributed by atoms with Gasteiger partial charge < -0.3 is 5.11 Å². The average Bonchev–Trinajstić information content (AvgIpc) is 2.07. The van der Waals surface area contributed by atoms with E-state index in [1.54, 1.807) is 0 Å². The Labute approximate surface area is 70.4 Å². The fraction of sp³-hybridized carbons (Fsp3) is 0.333. The molecule has 1 aromatic rings. The fourth-order valence-electron chi connectivity index (χ4n) is 0.908. The van der Waals surface area contributed by atoms with Crippen molar-refractivity contribution in [3.8, 4) is 0 Å². The van der Waals surface area contributed by atoms with Crippen LogP contribution in [0.5, 0.6) is 0 Å². The van der Waals surface area contributed by atoms with E-state index in [9.17, 15) is 0 Å². The monoisotopic (exact) mass is 169 g/mol. The second kappa shape index (κ2) is 4.42. The maximum absolute atomic E-state index is 8.70. The molecule has 0 amide bonds. The van der Waals surface area contributed by atoms with E-state index in [2.05, 4.69) is 18.4 Å². The van der Waals surface area contributed by atoms with Crippen LogP contribution in [0.1, 0.15) is 0 Å². The Morgan fingerprint density at radius 2 is 1.91 bits per heavy atom. The SMILES string of the molecule is C[S+](CCO)c1ccccc1. The van der Waals surface area contributed by atoms with Gasteiger partial charge in [-0.25, -0.2) is 0 Å². The van der Waals surface area contributed by atoms with Gasteiger partial charge in [0.25, 0.3) is 0 Å². The van der Waals surface area contributed by atoms with Gasteiger partial charge in [-0.2, -0.15) is 0 Å². The summed E-state index contributed by atoms with van der Waals surface area (Å²) < 4.78 is 0. The lowest BCUT2D eigenvalue weighted by Crippen LogP contribution is -2.08. The van der Waals surface area contributed by atoms with Crippen LogP contribution in [0, 0.1) is 0 Å². The van der Waals surface area contributed by atoms with Gasteiger partial charge in [0.15, 0.2) is 4.90 Å². The van der Waals surface area contributed by atoms with E-state index in [-0.39, 0.29) is 17.5 Å². The third kappa shape index (κ3) is 2.56. The molecule has 0 aliphatic carbocycles. The summed E-state index contributed by atoms with van der Waals surface area (Å²) in [7, 11) is 0.217. The van der Waals surface area contributed by atoms with Gasteiger partial charge in [0.2, 0.25) is 0 Å². The van der Waals surface area contributed by atoms with Crippen molar-refractivity contribution in [1.29, 1.82) is 0 Å². The van der Waals surface area contributed by atoms with Crippen LogP contribution in [0.3, 0.4) is 0 Å². The predicted molar refractivity (Wildman–Crippen MR) is 49.9 cm³/mol. The molecule has 11 heavy (non-hydrogen) atoms. The summed E-state index contributed by atoms with van der Waals surface area (Å²) in [6, 6.07) is 10.3. The molecule has 0 aliphatic rings. The van der Waals surface area contributed by atoms with Gasteiger partial charge in [-0.15, -0.1) is 0 Å². The third-order valence-corrected chi connectivity index (χ3v) is 3.41. The molecular weight excluding hydrogens is 156 g/mol. The second-order valence-electron chi connectivity index (χ2n) is 2.38. The van der Waals surface area contributed by atoms with Crippen LogP contribution in [0.2, 0.25) is 0 Å². The summed E-state index contributed by atoms with van der Waals surface area (Å²) in [6.45, 7) is 0.286. The van der Waals surface area contributed by atoms with E-state index < -0.39 is 0 Å². The molecule has 0 heterocycles. The molecule has 1 N–H and O–H groups in total. The van der Waals surface area contributed by atoms with Crippen molar-refractivity contribution >= 4 is 10.9 Å². The maximum Gasteiger partial charge on any atom is 0.154 e. The number of aliphatic hydroxyl groups is 1. The largest absolute Gasteiger partial charge is 0.391 e. The summed E-state index contributed by atoms with van der Waals surface area (Å²) in [5.74, 6) is 0.879. The van der Waals surface area contributed by atoms with Crippen LogP contribution in [-0.2, 0) is 10.9 Å². The Hall–Kier alpha value is -0.470. The van der Waals surface area contributed by atoms with Crippen molar-refractivity contribution in [2.24, 2.45) is 0 Å². The van der Waals surface area contributed by atoms with Gasteiger partial charge in [0.1, 0.15) is 12.0 Å². The van der Waals surface area contributed by atoms with Gasteiger partial charge in [0.05, 0.1) is 6.61 Å². The molecule has 0 saturated carbocycles. The second-order valence-corrected chi connectivity index (χ2v) is 4.53. The van der Waals surface area contributed by atoms with Crippen LogP contribution in [0.4, 0.5) is 0 Å². The van der Waals surface area contributed by atoms with E-state index in [4.69, 9.17) is 5.11 Å². The Bertz CT molecular complexity index is 198. The highest BCUT2D eigenvalue weighted by atomic mass is 32.2. The number of rotatable bonds is 3. The van der Waals surface area contributed by atoms with Crippen LogP contribution >= 0.6 is 0 Å². The molecule has 0 bridgehead atoms. The van der Waals surface area contributed by atoms with E-state index >= 15 is 0 Å². The first kappa shape index (κ1) is 8.62. The molecule has 0 fully saturated rings. The van der Waals surface area contributed by atoms with E-state index in [0.29, 0.717) is 0 Å². The van der Waals surface area contributed by atoms with E-state index in [0.717, 1.165) is 5.75 Å². The zero-order valence-corrected chi connectivity index (χ0v) is 7.47. The van der Waals surface area contributed by atoms with Crippen molar-refractivity contribution in [3.63, 3.8) is 0 Å². The highest BCUT2D eigenvalue weighted by Gasteiger charge is 2.12. The molecule has 0 radical (unpaired) electrons. The van der Waals surface area contributed by atoms with Crippen LogP contribution in [-0.4, -0.2) is 23.7 Å². The highest BCUT2D eigenvalue weighted by Crippen LogP contribution is 2.09. The van der Waals surface area contributed by atoms with Crippen molar-refractivity contribution < 1.29 is 5.11 Å². The number of hydrogen-bond donors (Lipinski definition) is 1. The Morgan fingerprint density at radius 1 is 1.27 bits per heavy atom. The zero-order valence-electron chi connectivity index (χ0n) is 6.66. The highest BCUT2D eigenvalue weighted by molar-refractivity contribution is 7.96. The minimum Gasteiger partial charge on any atom is -0.391 e. The molecule has 1 unspecified atom stereocenters. The first-order valence-electron chi connectivity index (χ1n) is 3.63. The van der Waals surface area contributed by atoms with Gasteiger partial charge in [-0.3, -0.25) is 0 Å². The fourth-order valence-corrected chi connectivity index (χ4v) is 2.04. The summed E-state index contributed by atoms with van der Waals surface area (Å²) in [5.41, 5.74) is 0. The van der Waals surface area contributed by atoms with Crippen molar-refractivity contribution in [1.82, 2.24) is 0 Å². The molecule has 0 saturated heterocycles. The third-order valence-electron chi connectivity index (χ3n) is 1.54. The smallest absolute Gasteiger partial charge is 0.154 e. The molecule has 1 aromatic carbocycles. The first-order chi connectivity index (χ1) is 5.34. The molecule has 1 rings (SSSR count). The Morgan fingerprint density at radius 3 is 2.45 bits per heavy atom. The van der Waals surface area contributed by atoms with Gasteiger partial charge in [-0.1, -0.05) is 18.2 Å². The van der Waals surface area contributed by atoms with Gasteiger partial charge in [-0.05, 0) is 12.1 Å². The summed E-state index contributed by atoms with van der Waals surface area (Å²) in [6.07, 6.45) is 2.16. The standard InChI is InChI=1S/C9H13OS/c1-11(8-7-10)9-5-3-2-4-6-9/h2-6,10H,7-8H2,1H3/q+1. The quantitative estimate of drug-likeness (QED) is 0.676. The summed E-state index contributed by atoms with van der Waals surface area (Å²) in [4.78, 5) is 1.33. The normalized spacial score (nSPS) is 12.9. The molecule has 0 spiro atoms. The Kier molecular flexibility index (Phi) is 3.46. The van der Waals surface area contributed by atoms with Gasteiger partial charge >= 0.3 is 0 Å². The number of aliphatic hydroxyl groups excluding tert-OH is 1. The lowest BCUT2D eigenvalue weighted by atomic mass is 10.4. The van der Waals surface area contributed by atoms with Crippen molar-refractivity contribution in [3.05, 3.63) is 30.3 Å². The molecule has 60 valence electrons. The number of hydrogen-bond acceptors (Lipinski definition) is 1. The van der Waals surface area contributed by atoms with Crippen LogP contribution < -0.4 is 0 Å². The van der Waals surface area contributed by atoms with Crippen LogP contribution in [0.25, 0.3) is 0 Å². The zero-order chi connectivity index (χ0) is 8.10. The minimum absolute atomic E-state index is 0.217. The van der Waals surface area contributed by atoms with E-state index in [1.165, 1.54) is 4.90 Å². The number of benzene rings is 1. The first-order valence-corrected chi connectivity index (χ1v) is 5.43. The lowest BCUT2D eigenvalue weighted by Gasteiger charge is -1.98. The molecular formula is C9H13OS+. The molecule has 0 aliphatic heterocycles. The molecule has 1 nitrogen and oxygen atoms in total. The maximum atomic E-state index is 8.70. The predicted octanol–water partition coefficient (Wildman–Crippen LogP) is 1.29. The van der Waals surface area contributed by atoms with Crippen molar-refractivity contribution in [2.45, 2.75) is 4.90 Å². The lowest BCUT2D eigenvalue weighted by molar-refractivity contribution is 0.322. The average molecular weight is 169 g/mol. The topological polar surface area (TPSA) is 20.2 Å². The molecule has 2 heteroatoms. The molecule has 0 aromatic heterocycles. The summed E-state index contributed by atoms with van der Waals surface area (Å²) >= 11 is 0. The minimum atomic E-state index is 0.217. The van der Waals surface area contributed by atoms with E-state index in [1.807, 2.05) is 18.2 Å².